The summed E-state index contributed by atoms with van der Waals surface area (Å²) in [5.41, 5.74) is 2.88. The summed E-state index contributed by atoms with van der Waals surface area (Å²) in [5.74, 6) is 0.626. The van der Waals surface area contributed by atoms with Crippen molar-refractivity contribution in [2.24, 2.45) is 0 Å². The molecule has 1 aliphatic carbocycles. The second-order valence-corrected chi connectivity index (χ2v) is 12.4. The fourth-order valence-corrected chi connectivity index (χ4v) is 6.74. The van der Waals surface area contributed by atoms with Gasteiger partial charge in [0.15, 0.2) is 10.8 Å². The van der Waals surface area contributed by atoms with Crippen molar-refractivity contribution in [3.05, 3.63) is 47.2 Å². The number of rotatable bonds is 7. The number of thiazole rings is 1. The minimum Gasteiger partial charge on any atom is -0.391 e. The summed E-state index contributed by atoms with van der Waals surface area (Å²) in [6.07, 6.45) is 4.20. The molecule has 3 aromatic heterocycles. The maximum atomic E-state index is 13.5. The minimum atomic E-state index is -0.405. The molecular weight excluding hydrogens is 569 g/mol. The molecule has 0 bridgehead atoms. The molecule has 13 heteroatoms. The van der Waals surface area contributed by atoms with Crippen LogP contribution in [0.1, 0.15) is 30.2 Å². The van der Waals surface area contributed by atoms with Gasteiger partial charge in [0.2, 0.25) is 5.91 Å². The number of pyridine rings is 1. The molecule has 11 nitrogen and oxygen atoms in total. The maximum Gasteiger partial charge on any atom is 0.236 e. The number of aromatic nitrogens is 4. The van der Waals surface area contributed by atoms with Crippen molar-refractivity contribution in [3.8, 4) is 17.3 Å². The number of aliphatic hydroxyl groups excluding tert-OH is 1. The smallest absolute Gasteiger partial charge is 0.236 e. The second kappa shape index (κ2) is 11.2. The second-order valence-electron chi connectivity index (χ2n) is 11.5. The highest BCUT2D eigenvalue weighted by Gasteiger charge is 2.32. The maximum absolute atomic E-state index is 13.5. The third-order valence-electron chi connectivity index (χ3n) is 8.46. The third-order valence-corrected chi connectivity index (χ3v) is 9.49. The van der Waals surface area contributed by atoms with E-state index in [4.69, 9.17) is 15.1 Å². The molecule has 2 saturated heterocycles. The van der Waals surface area contributed by atoms with Gasteiger partial charge < -0.3 is 19.8 Å². The zero-order chi connectivity index (χ0) is 29.7. The van der Waals surface area contributed by atoms with Gasteiger partial charge in [0.05, 0.1) is 36.0 Å². The number of hydrogen-bond acceptors (Lipinski definition) is 10. The molecule has 3 aliphatic rings. The normalized spacial score (nSPS) is 19.3. The van der Waals surface area contributed by atoms with Gasteiger partial charge in [-0.3, -0.25) is 9.69 Å². The lowest BCUT2D eigenvalue weighted by Gasteiger charge is -2.36. The van der Waals surface area contributed by atoms with E-state index in [1.807, 2.05) is 22.8 Å². The van der Waals surface area contributed by atoms with Gasteiger partial charge in [-0.1, -0.05) is 11.3 Å². The zero-order valence-electron chi connectivity index (χ0n) is 23.9. The van der Waals surface area contributed by atoms with Gasteiger partial charge in [0.25, 0.3) is 0 Å². The van der Waals surface area contributed by atoms with Crippen LogP contribution in [0, 0.1) is 17.1 Å². The molecule has 1 N–H and O–H groups in total. The molecule has 3 fully saturated rings. The lowest BCUT2D eigenvalue weighted by Crippen LogP contribution is -2.50. The van der Waals surface area contributed by atoms with E-state index in [-0.39, 0.29) is 11.7 Å². The number of nitrogens with zero attached hydrogens (tertiary/aromatic N) is 9. The van der Waals surface area contributed by atoms with Crippen LogP contribution in [0.15, 0.2) is 36.5 Å². The van der Waals surface area contributed by atoms with E-state index < -0.39 is 6.10 Å². The first-order chi connectivity index (χ1) is 20.9. The lowest BCUT2D eigenvalue weighted by atomic mass is 10.1. The first-order valence-corrected chi connectivity index (χ1v) is 15.4. The molecule has 43 heavy (non-hydrogen) atoms. The summed E-state index contributed by atoms with van der Waals surface area (Å²) in [6.45, 7) is 4.49. The van der Waals surface area contributed by atoms with Crippen LogP contribution >= 0.6 is 11.3 Å². The molecule has 7 rings (SSSR count). The van der Waals surface area contributed by atoms with Gasteiger partial charge in [0, 0.05) is 51.9 Å². The number of amides is 1. The Morgan fingerprint density at radius 1 is 1.16 bits per heavy atom. The molecule has 1 amide bonds. The lowest BCUT2D eigenvalue weighted by molar-refractivity contribution is -0.131. The molecule has 2 aliphatic heterocycles. The molecule has 5 heterocycles. The molecule has 0 unspecified atom stereocenters. The Kier molecular flexibility index (Phi) is 7.20. The molecule has 4 aromatic rings. The predicted molar refractivity (Wildman–Crippen MR) is 162 cm³/mol. The van der Waals surface area contributed by atoms with E-state index in [0.717, 1.165) is 55.9 Å². The van der Waals surface area contributed by atoms with E-state index in [0.29, 0.717) is 59.0 Å². The van der Waals surface area contributed by atoms with Crippen LogP contribution in [-0.2, 0) is 4.79 Å². The van der Waals surface area contributed by atoms with E-state index in [9.17, 15) is 19.6 Å². The van der Waals surface area contributed by atoms with Gasteiger partial charge in [-0.25, -0.2) is 19.0 Å². The van der Waals surface area contributed by atoms with Crippen molar-refractivity contribution in [2.45, 2.75) is 31.4 Å². The Balaban J connectivity index is 1.13. The Hall–Kier alpha value is -4.12. The van der Waals surface area contributed by atoms with Crippen molar-refractivity contribution in [1.82, 2.24) is 29.5 Å². The van der Waals surface area contributed by atoms with Crippen molar-refractivity contribution < 1.29 is 14.3 Å². The van der Waals surface area contributed by atoms with E-state index in [1.165, 1.54) is 23.5 Å². The van der Waals surface area contributed by atoms with Crippen LogP contribution in [-0.4, -0.2) is 99.5 Å². The quantitative estimate of drug-likeness (QED) is 0.340. The number of hydrogen-bond donors (Lipinski definition) is 1. The summed E-state index contributed by atoms with van der Waals surface area (Å²) in [5, 5.41) is 26.0. The first kappa shape index (κ1) is 27.7. The Labute approximate surface area is 252 Å². The first-order valence-electron chi connectivity index (χ1n) is 14.6. The Morgan fingerprint density at radius 2 is 1.93 bits per heavy atom. The minimum absolute atomic E-state index is 0.0811. The van der Waals surface area contributed by atoms with Crippen LogP contribution in [0.25, 0.3) is 22.3 Å². The molecule has 0 spiro atoms. The fourth-order valence-electron chi connectivity index (χ4n) is 5.89. The van der Waals surface area contributed by atoms with Crippen molar-refractivity contribution in [3.63, 3.8) is 0 Å². The van der Waals surface area contributed by atoms with Gasteiger partial charge in [-0.05, 0) is 49.6 Å². The number of likely N-dealkylation sites (tertiary alicyclic amines) is 1. The summed E-state index contributed by atoms with van der Waals surface area (Å²) >= 11 is 1.30. The highest BCUT2D eigenvalue weighted by atomic mass is 32.1. The molecule has 0 radical (unpaired) electrons. The number of fused-ring (bicyclic) bond motifs is 1. The van der Waals surface area contributed by atoms with Crippen LogP contribution in [0.2, 0.25) is 0 Å². The summed E-state index contributed by atoms with van der Waals surface area (Å²) in [7, 11) is 1.94. The Morgan fingerprint density at radius 3 is 2.60 bits per heavy atom. The topological polar surface area (TPSA) is 118 Å². The van der Waals surface area contributed by atoms with Gasteiger partial charge >= 0.3 is 0 Å². The summed E-state index contributed by atoms with van der Waals surface area (Å²) in [4.78, 5) is 30.9. The number of halogens is 1. The SMILES string of the molecule is CN(c1nc(-c2ccc(F)cc2)c(C#N)s1)c1c2cc(N3CCN(CC(=O)N4CC[C@@H](O)C4)CC3)cnc2nn1C1CC1. The summed E-state index contributed by atoms with van der Waals surface area (Å²) < 4.78 is 15.6. The highest BCUT2D eigenvalue weighted by Crippen LogP contribution is 2.44. The largest absolute Gasteiger partial charge is 0.391 e. The van der Waals surface area contributed by atoms with Gasteiger partial charge in [-0.15, -0.1) is 0 Å². The third kappa shape index (κ3) is 5.42. The van der Waals surface area contributed by atoms with Crippen LogP contribution in [0.5, 0.6) is 0 Å². The van der Waals surface area contributed by atoms with E-state index in [2.05, 4.69) is 21.9 Å². The molecule has 1 saturated carbocycles. The number of carbonyl (C=O) groups excluding carboxylic acids is 1. The monoisotopic (exact) mass is 601 g/mol. The molecule has 1 atom stereocenters. The van der Waals surface area contributed by atoms with E-state index in [1.54, 1.807) is 17.0 Å². The van der Waals surface area contributed by atoms with Crippen LogP contribution < -0.4 is 9.80 Å². The predicted octanol–water partition coefficient (Wildman–Crippen LogP) is 3.38. The fraction of sp³-hybridized carbons (Fsp3) is 0.433. The van der Waals surface area contributed by atoms with Crippen LogP contribution in [0.4, 0.5) is 21.0 Å². The van der Waals surface area contributed by atoms with Crippen LogP contribution in [0.3, 0.4) is 0 Å². The number of aliphatic hydroxyl groups is 1. The average molecular weight is 602 g/mol. The van der Waals surface area contributed by atoms with Gasteiger partial charge in [0.1, 0.15) is 28.3 Å². The standard InChI is InChI=1S/C30H32FN9O2S/c1-36(30-34-27(25(15-32)43-30)19-2-4-20(31)5-3-19)29-24-14-22(16-33-28(24)35-40(29)21-6-7-21)38-12-10-37(11-13-38)18-26(42)39-9-8-23(41)17-39/h2-5,14,16,21,23,41H,6-13,17-18H2,1H3/t23-/m1/s1. The molecule has 1 aromatic carbocycles. The zero-order valence-corrected chi connectivity index (χ0v) is 24.7. The number of piperazine rings is 1. The number of carbonyl (C=O) groups is 1. The Bertz CT molecular complexity index is 1700. The average Bonchev–Trinajstić information content (AvgIpc) is 3.43. The number of nitriles is 1. The number of anilines is 3. The van der Waals surface area contributed by atoms with Crippen molar-refractivity contribution in [2.75, 3.05) is 62.7 Å². The van der Waals surface area contributed by atoms with E-state index >= 15 is 0 Å². The van der Waals surface area contributed by atoms with Crippen molar-refractivity contribution in [1.29, 1.82) is 5.26 Å². The summed E-state index contributed by atoms with van der Waals surface area (Å²) in [6, 6.07) is 10.7. The molecular formula is C30H32FN9O2S. The van der Waals surface area contributed by atoms with Crippen molar-refractivity contribution >= 4 is 44.9 Å². The highest BCUT2D eigenvalue weighted by molar-refractivity contribution is 7.16. The molecule has 222 valence electrons. The number of β-amino-alcohol motifs (C(OH)–C–C–N with tert-alkyl or cyclic N) is 1. The van der Waals surface area contributed by atoms with Gasteiger partial charge in [-0.2, -0.15) is 10.4 Å². The number of benzene rings is 1.